The van der Waals surface area contributed by atoms with Gasteiger partial charge in [-0.2, -0.15) is 0 Å². The molecular formula is C5Br11O. The quantitative estimate of drug-likeness (QED) is 0.237. The van der Waals surface area contributed by atoms with E-state index in [1.807, 2.05) is 0 Å². The fourth-order valence-electron chi connectivity index (χ4n) is 0.716. The highest BCUT2D eigenvalue weighted by molar-refractivity contribution is 9.42. The van der Waals surface area contributed by atoms with Crippen LogP contribution in [0.1, 0.15) is 0 Å². The topological polar surface area (TPSA) is 19.9 Å². The fraction of sp³-hybridized carbons (Fsp3) is 1.00. The molecule has 0 aromatic heterocycles. The molecule has 0 fully saturated rings. The minimum Gasteiger partial charge on any atom is -0.220 e. The Labute approximate surface area is 192 Å². The molecule has 0 aliphatic carbocycles. The SMILES string of the molecule is [O]C(C(Br)(Br)Br)(C(Br)(Br)Br)C(Br)(Br)C(Br)(Br)Br. The zero-order valence-electron chi connectivity index (χ0n) is 7.07. The molecule has 0 aliphatic heterocycles. The maximum atomic E-state index is 13.3. The molecule has 0 rings (SSSR count). The maximum Gasteiger partial charge on any atom is 0.201 e. The van der Waals surface area contributed by atoms with Gasteiger partial charge in [0.25, 0.3) is 0 Å². The smallest absolute Gasteiger partial charge is 0.201 e. The first kappa shape index (κ1) is 22.2. The van der Waals surface area contributed by atoms with Gasteiger partial charge in [0, 0.05) is 0 Å². The first-order chi connectivity index (χ1) is 7.00. The third-order valence-corrected chi connectivity index (χ3v) is 12.2. The monoisotopic (exact) mass is 944 g/mol. The molecule has 0 unspecified atom stereocenters. The van der Waals surface area contributed by atoms with Crippen molar-refractivity contribution in [1.82, 2.24) is 0 Å². The van der Waals surface area contributed by atoms with Crippen molar-refractivity contribution in [1.29, 1.82) is 0 Å². The van der Waals surface area contributed by atoms with E-state index in [4.69, 9.17) is 0 Å². The van der Waals surface area contributed by atoms with Crippen LogP contribution in [0.2, 0.25) is 0 Å². The minimum atomic E-state index is -1.80. The Hall–Kier alpha value is 5.24. The Morgan fingerprint density at radius 3 is 0.765 bits per heavy atom. The second-order valence-corrected chi connectivity index (χ2v) is 26.5. The third kappa shape index (κ3) is 4.62. The van der Waals surface area contributed by atoms with Crippen LogP contribution in [-0.4, -0.2) is 15.3 Å². The van der Waals surface area contributed by atoms with Crippen LogP contribution in [0.4, 0.5) is 0 Å². The van der Waals surface area contributed by atoms with Gasteiger partial charge >= 0.3 is 0 Å². The second-order valence-electron chi connectivity index (χ2n) is 2.75. The summed E-state index contributed by atoms with van der Waals surface area (Å²) in [7, 11) is 0. The Morgan fingerprint density at radius 2 is 0.706 bits per heavy atom. The summed E-state index contributed by atoms with van der Waals surface area (Å²) >= 11 is 36.4. The normalized spacial score (nSPS) is 16.2. The molecule has 0 aromatic rings. The highest BCUT2D eigenvalue weighted by Gasteiger charge is 2.74. The van der Waals surface area contributed by atoms with Gasteiger partial charge < -0.3 is 0 Å². The van der Waals surface area contributed by atoms with Gasteiger partial charge in [0.1, 0.15) is 0 Å². The highest BCUT2D eigenvalue weighted by atomic mass is 80.0. The van der Waals surface area contributed by atoms with Gasteiger partial charge in [-0.05, 0) is 0 Å². The molecule has 0 N–H and O–H groups in total. The molecule has 0 aromatic carbocycles. The van der Waals surface area contributed by atoms with Gasteiger partial charge in [0.05, 0.1) is 0 Å². The van der Waals surface area contributed by atoms with Gasteiger partial charge in [0.15, 0.2) is 9.66 Å². The molecule has 0 bridgehead atoms. The van der Waals surface area contributed by atoms with Crippen molar-refractivity contribution >= 4 is 175 Å². The lowest BCUT2D eigenvalue weighted by Gasteiger charge is -2.50. The van der Waals surface area contributed by atoms with Crippen molar-refractivity contribution in [3.63, 3.8) is 0 Å². The number of rotatable bonds is 1. The van der Waals surface area contributed by atoms with Crippen molar-refractivity contribution in [3.8, 4) is 0 Å². The molecule has 17 heavy (non-hydrogen) atoms. The van der Waals surface area contributed by atoms with Crippen molar-refractivity contribution in [2.24, 2.45) is 0 Å². The average Bonchev–Trinajstić information content (AvgIpc) is 1.95. The molecule has 0 saturated carbocycles. The third-order valence-electron chi connectivity index (χ3n) is 1.60. The Balaban J connectivity index is 6.04. The summed E-state index contributed by atoms with van der Waals surface area (Å²) in [4.78, 5) is 0. The van der Waals surface area contributed by atoms with Crippen LogP contribution in [0.5, 0.6) is 0 Å². The van der Waals surface area contributed by atoms with E-state index in [0.717, 1.165) is 0 Å². The largest absolute Gasteiger partial charge is 0.220 e. The molecule has 0 atom stereocenters. The molecule has 1 nitrogen and oxygen atoms in total. The van der Waals surface area contributed by atoms with Crippen LogP contribution in [-0.2, 0) is 5.11 Å². The minimum absolute atomic E-state index is 0.928. The van der Waals surface area contributed by atoms with Crippen LogP contribution in [0.3, 0.4) is 0 Å². The molecule has 0 aliphatic rings. The first-order valence-electron chi connectivity index (χ1n) is 3.28. The fourth-order valence-corrected chi connectivity index (χ4v) is 11.9. The Kier molecular flexibility index (Phi) is 9.17. The van der Waals surface area contributed by atoms with Gasteiger partial charge in [-0.25, -0.2) is 5.11 Å². The number of hydrogen-bond acceptors (Lipinski definition) is 0. The molecule has 0 heterocycles. The van der Waals surface area contributed by atoms with Crippen molar-refractivity contribution in [3.05, 3.63) is 0 Å². The summed E-state index contributed by atoms with van der Waals surface area (Å²) in [6, 6.07) is 0. The lowest BCUT2D eigenvalue weighted by Crippen LogP contribution is -2.65. The lowest BCUT2D eigenvalue weighted by molar-refractivity contribution is -0.00953. The number of halogens is 11. The zero-order chi connectivity index (χ0) is 14.5. The molecule has 12 heteroatoms. The van der Waals surface area contributed by atoms with Crippen molar-refractivity contribution < 1.29 is 5.11 Å². The summed E-state index contributed by atoms with van der Waals surface area (Å²) in [5.74, 6) is 0. The van der Waals surface area contributed by atoms with Crippen molar-refractivity contribution in [2.75, 3.05) is 0 Å². The van der Waals surface area contributed by atoms with E-state index < -0.39 is 15.3 Å². The standard InChI is InChI=1S/C5Br11O/c6-2(7,5(14,15)16)1(17,3(8,9)10)4(11,12)13. The molecular weight excluding hydrogens is 955 g/mol. The van der Waals surface area contributed by atoms with Crippen LogP contribution in [0.25, 0.3) is 0 Å². The van der Waals surface area contributed by atoms with E-state index >= 15 is 0 Å². The zero-order valence-corrected chi connectivity index (χ0v) is 24.5. The highest BCUT2D eigenvalue weighted by Crippen LogP contribution is 2.70. The average molecular weight is 955 g/mol. The van der Waals surface area contributed by atoms with Crippen molar-refractivity contribution in [2.45, 2.75) is 15.3 Å². The van der Waals surface area contributed by atoms with E-state index in [1.54, 1.807) is 0 Å². The van der Waals surface area contributed by atoms with Gasteiger partial charge in [-0.15, -0.1) is 0 Å². The number of hydrogen-bond donors (Lipinski definition) is 0. The molecule has 0 spiro atoms. The second kappa shape index (κ2) is 7.01. The first-order valence-corrected chi connectivity index (χ1v) is 12.0. The van der Waals surface area contributed by atoms with Crippen LogP contribution in [0.15, 0.2) is 0 Å². The summed E-state index contributed by atoms with van der Waals surface area (Å²) in [5.41, 5.74) is -1.80. The van der Waals surface area contributed by atoms with Gasteiger partial charge in [-0.1, -0.05) is 175 Å². The van der Waals surface area contributed by atoms with E-state index in [0.29, 0.717) is 0 Å². The van der Waals surface area contributed by atoms with Crippen LogP contribution >= 0.6 is 175 Å². The van der Waals surface area contributed by atoms with Crippen LogP contribution in [0, 0.1) is 0 Å². The maximum absolute atomic E-state index is 13.3. The molecule has 0 saturated heterocycles. The van der Waals surface area contributed by atoms with E-state index in [2.05, 4.69) is 175 Å². The van der Waals surface area contributed by atoms with Gasteiger partial charge in [0.2, 0.25) is 5.60 Å². The molecule has 0 amide bonds. The Bertz CT molecular complexity index is 266. The summed E-state index contributed by atoms with van der Waals surface area (Å²) < 4.78 is -4.45. The summed E-state index contributed by atoms with van der Waals surface area (Å²) in [6.07, 6.45) is 0. The predicted octanol–water partition coefficient (Wildman–Crippen LogP) is 8.16. The lowest BCUT2D eigenvalue weighted by atomic mass is 10.1. The van der Waals surface area contributed by atoms with E-state index in [-0.39, 0.29) is 0 Å². The van der Waals surface area contributed by atoms with E-state index in [9.17, 15) is 5.11 Å². The van der Waals surface area contributed by atoms with E-state index in [1.165, 1.54) is 0 Å². The van der Waals surface area contributed by atoms with Gasteiger partial charge in [-0.3, -0.25) is 0 Å². The Morgan fingerprint density at radius 1 is 0.471 bits per heavy atom. The molecule has 103 valence electrons. The summed E-state index contributed by atoms with van der Waals surface area (Å²) in [6.45, 7) is 0. The number of alkyl halides is 11. The summed E-state index contributed by atoms with van der Waals surface area (Å²) in [5, 5.41) is 13.3. The molecule has 1 radical (unpaired) electrons. The predicted molar refractivity (Wildman–Crippen MR) is 113 cm³/mol. The van der Waals surface area contributed by atoms with Crippen LogP contribution < -0.4 is 0 Å².